The standard InChI is InChI=1S/C16H15NO4/c18-15(19)14-9-5-4-8-13(14)10-17-16(20)21-11-12-6-2-1-3-7-12/h1-9H,10-11H2,(H,17,20)(H,18,19). The fourth-order valence-electron chi connectivity index (χ4n) is 1.82. The molecule has 0 spiro atoms. The Morgan fingerprint density at radius 1 is 1.00 bits per heavy atom. The molecule has 1 amide bonds. The molecule has 0 aliphatic rings. The van der Waals surface area contributed by atoms with Gasteiger partial charge in [0.2, 0.25) is 0 Å². The lowest BCUT2D eigenvalue weighted by Gasteiger charge is -2.09. The van der Waals surface area contributed by atoms with Crippen LogP contribution in [0.15, 0.2) is 54.6 Å². The van der Waals surface area contributed by atoms with Gasteiger partial charge in [-0.3, -0.25) is 0 Å². The smallest absolute Gasteiger partial charge is 0.407 e. The van der Waals surface area contributed by atoms with E-state index in [-0.39, 0.29) is 18.7 Å². The maximum absolute atomic E-state index is 11.6. The van der Waals surface area contributed by atoms with E-state index in [0.717, 1.165) is 5.56 Å². The van der Waals surface area contributed by atoms with Crippen LogP contribution in [0, 0.1) is 0 Å². The highest BCUT2D eigenvalue weighted by Crippen LogP contribution is 2.08. The zero-order valence-electron chi connectivity index (χ0n) is 11.3. The summed E-state index contributed by atoms with van der Waals surface area (Å²) in [5, 5.41) is 11.6. The summed E-state index contributed by atoms with van der Waals surface area (Å²) in [6.07, 6.45) is -0.584. The average molecular weight is 285 g/mol. The van der Waals surface area contributed by atoms with E-state index in [1.807, 2.05) is 30.3 Å². The molecule has 0 heterocycles. The zero-order chi connectivity index (χ0) is 15.1. The number of benzene rings is 2. The van der Waals surface area contributed by atoms with Gasteiger partial charge in [-0.15, -0.1) is 0 Å². The Hall–Kier alpha value is -2.82. The van der Waals surface area contributed by atoms with Crippen molar-refractivity contribution in [2.45, 2.75) is 13.2 Å². The van der Waals surface area contributed by atoms with Crippen molar-refractivity contribution < 1.29 is 19.4 Å². The maximum Gasteiger partial charge on any atom is 0.407 e. The third-order valence-corrected chi connectivity index (χ3v) is 2.88. The second kappa shape index (κ2) is 7.09. The largest absolute Gasteiger partial charge is 0.478 e. The molecule has 0 radical (unpaired) electrons. The quantitative estimate of drug-likeness (QED) is 0.885. The minimum absolute atomic E-state index is 0.107. The van der Waals surface area contributed by atoms with Crippen molar-refractivity contribution >= 4 is 12.1 Å². The number of nitrogens with one attached hydrogen (secondary N) is 1. The van der Waals surface area contributed by atoms with Gasteiger partial charge in [-0.25, -0.2) is 9.59 Å². The highest BCUT2D eigenvalue weighted by atomic mass is 16.5. The van der Waals surface area contributed by atoms with Crippen LogP contribution >= 0.6 is 0 Å². The van der Waals surface area contributed by atoms with Gasteiger partial charge in [-0.1, -0.05) is 48.5 Å². The Morgan fingerprint density at radius 2 is 1.67 bits per heavy atom. The van der Waals surface area contributed by atoms with Crippen LogP contribution in [0.25, 0.3) is 0 Å². The zero-order valence-corrected chi connectivity index (χ0v) is 11.3. The molecule has 0 unspecified atom stereocenters. The van der Waals surface area contributed by atoms with Gasteiger partial charge in [0.1, 0.15) is 6.61 Å². The number of carbonyl (C=O) groups is 2. The van der Waals surface area contributed by atoms with Gasteiger partial charge < -0.3 is 15.2 Å². The van der Waals surface area contributed by atoms with E-state index in [9.17, 15) is 9.59 Å². The lowest BCUT2D eigenvalue weighted by atomic mass is 10.1. The summed E-state index contributed by atoms with van der Waals surface area (Å²) in [7, 11) is 0. The van der Waals surface area contributed by atoms with Gasteiger partial charge in [0.25, 0.3) is 0 Å². The molecule has 5 nitrogen and oxygen atoms in total. The predicted molar refractivity (Wildman–Crippen MR) is 76.9 cm³/mol. The van der Waals surface area contributed by atoms with Crippen LogP contribution in [0.1, 0.15) is 21.5 Å². The van der Waals surface area contributed by atoms with Crippen LogP contribution in [0.2, 0.25) is 0 Å². The average Bonchev–Trinajstić information content (AvgIpc) is 2.52. The van der Waals surface area contributed by atoms with E-state index in [2.05, 4.69) is 5.32 Å². The first-order valence-electron chi connectivity index (χ1n) is 6.42. The number of hydrogen-bond donors (Lipinski definition) is 2. The van der Waals surface area contributed by atoms with Gasteiger partial charge in [0.15, 0.2) is 0 Å². The summed E-state index contributed by atoms with van der Waals surface area (Å²) in [4.78, 5) is 22.6. The van der Waals surface area contributed by atoms with Crippen molar-refractivity contribution in [2.75, 3.05) is 0 Å². The monoisotopic (exact) mass is 285 g/mol. The second-order valence-corrected chi connectivity index (χ2v) is 4.38. The number of carboxylic acid groups (broad SMARTS) is 1. The number of amides is 1. The molecule has 21 heavy (non-hydrogen) atoms. The van der Waals surface area contributed by atoms with Gasteiger partial charge in [-0.2, -0.15) is 0 Å². The fourth-order valence-corrected chi connectivity index (χ4v) is 1.82. The van der Waals surface area contributed by atoms with Crippen molar-refractivity contribution in [2.24, 2.45) is 0 Å². The number of rotatable bonds is 5. The number of alkyl carbamates (subject to hydrolysis) is 1. The molecule has 0 saturated heterocycles. The van der Waals surface area contributed by atoms with Crippen LogP contribution in [0.4, 0.5) is 4.79 Å². The first kappa shape index (κ1) is 14.6. The van der Waals surface area contributed by atoms with E-state index >= 15 is 0 Å². The van der Waals surface area contributed by atoms with E-state index in [0.29, 0.717) is 5.56 Å². The van der Waals surface area contributed by atoms with E-state index in [4.69, 9.17) is 9.84 Å². The van der Waals surface area contributed by atoms with Crippen molar-refractivity contribution in [1.82, 2.24) is 5.32 Å². The van der Waals surface area contributed by atoms with E-state index in [1.165, 1.54) is 6.07 Å². The Balaban J connectivity index is 1.86. The topological polar surface area (TPSA) is 75.6 Å². The normalized spacial score (nSPS) is 9.90. The van der Waals surface area contributed by atoms with Crippen molar-refractivity contribution in [1.29, 1.82) is 0 Å². The van der Waals surface area contributed by atoms with Gasteiger partial charge in [0, 0.05) is 6.54 Å². The molecule has 108 valence electrons. The molecule has 0 fully saturated rings. The fraction of sp³-hybridized carbons (Fsp3) is 0.125. The number of ether oxygens (including phenoxy) is 1. The first-order valence-corrected chi connectivity index (χ1v) is 6.42. The number of hydrogen-bond acceptors (Lipinski definition) is 3. The molecular formula is C16H15NO4. The Bertz CT molecular complexity index is 625. The summed E-state index contributed by atoms with van der Waals surface area (Å²) in [5.74, 6) is -1.02. The third kappa shape index (κ3) is 4.35. The molecule has 2 aromatic carbocycles. The van der Waals surface area contributed by atoms with Gasteiger partial charge in [0.05, 0.1) is 5.56 Å². The summed E-state index contributed by atoms with van der Waals surface area (Å²) in [6.45, 7) is 0.281. The summed E-state index contributed by atoms with van der Waals surface area (Å²) in [5.41, 5.74) is 1.58. The highest BCUT2D eigenvalue weighted by Gasteiger charge is 2.10. The minimum atomic E-state index is -1.02. The first-order chi connectivity index (χ1) is 10.2. The molecule has 2 N–H and O–H groups in total. The Kier molecular flexibility index (Phi) is 4.93. The van der Waals surface area contributed by atoms with Crippen LogP contribution in [-0.4, -0.2) is 17.2 Å². The highest BCUT2D eigenvalue weighted by molar-refractivity contribution is 5.89. The maximum atomic E-state index is 11.6. The minimum Gasteiger partial charge on any atom is -0.478 e. The SMILES string of the molecule is O=C(NCc1ccccc1C(=O)O)OCc1ccccc1. The van der Waals surface area contributed by atoms with Crippen molar-refractivity contribution in [3.05, 3.63) is 71.3 Å². The van der Waals surface area contributed by atoms with Crippen LogP contribution in [0.3, 0.4) is 0 Å². The molecule has 0 saturated carbocycles. The summed E-state index contributed by atoms with van der Waals surface area (Å²) in [6, 6.07) is 15.8. The molecule has 0 aromatic heterocycles. The van der Waals surface area contributed by atoms with Crippen molar-refractivity contribution in [3.63, 3.8) is 0 Å². The molecule has 5 heteroatoms. The molecule has 0 aliphatic heterocycles. The summed E-state index contributed by atoms with van der Waals surface area (Å²) >= 11 is 0. The summed E-state index contributed by atoms with van der Waals surface area (Å²) < 4.78 is 5.05. The Labute approximate surface area is 122 Å². The van der Waals surface area contributed by atoms with E-state index < -0.39 is 12.1 Å². The lowest BCUT2D eigenvalue weighted by Crippen LogP contribution is -2.24. The molecule has 0 atom stereocenters. The second-order valence-electron chi connectivity index (χ2n) is 4.38. The molecule has 2 rings (SSSR count). The number of carbonyl (C=O) groups excluding carboxylic acids is 1. The predicted octanol–water partition coefficient (Wildman–Crippen LogP) is 2.81. The third-order valence-electron chi connectivity index (χ3n) is 2.88. The van der Waals surface area contributed by atoms with Crippen molar-refractivity contribution in [3.8, 4) is 0 Å². The van der Waals surface area contributed by atoms with Crippen LogP contribution < -0.4 is 5.32 Å². The van der Waals surface area contributed by atoms with Crippen LogP contribution in [-0.2, 0) is 17.9 Å². The Morgan fingerprint density at radius 3 is 2.38 bits per heavy atom. The van der Waals surface area contributed by atoms with Crippen LogP contribution in [0.5, 0.6) is 0 Å². The van der Waals surface area contributed by atoms with Gasteiger partial charge >= 0.3 is 12.1 Å². The molecule has 0 bridgehead atoms. The molecular weight excluding hydrogens is 270 g/mol. The molecule has 0 aliphatic carbocycles. The number of aromatic carboxylic acids is 1. The molecule has 2 aromatic rings. The number of carboxylic acids is 1. The van der Waals surface area contributed by atoms with E-state index in [1.54, 1.807) is 18.2 Å². The lowest BCUT2D eigenvalue weighted by molar-refractivity contribution is 0.0695. The van der Waals surface area contributed by atoms with Gasteiger partial charge in [-0.05, 0) is 17.2 Å².